The molecule has 2 nitrogen and oxygen atoms in total. The SMILES string of the molecule is CCCCc1c[n+](C(C)(C)C)co1. The van der Waals surface area contributed by atoms with Crippen LogP contribution in [0.15, 0.2) is 17.0 Å². The highest BCUT2D eigenvalue weighted by Gasteiger charge is 2.23. The first-order chi connectivity index (χ1) is 6.04. The van der Waals surface area contributed by atoms with Crippen LogP contribution in [-0.2, 0) is 12.0 Å². The average molecular weight is 182 g/mol. The number of aryl methyl sites for hydroxylation is 1. The third-order valence-corrected chi connectivity index (χ3v) is 2.15. The van der Waals surface area contributed by atoms with Crippen molar-refractivity contribution in [1.82, 2.24) is 0 Å². The second-order valence-electron chi connectivity index (χ2n) is 4.50. The Kier molecular flexibility index (Phi) is 3.12. The Balaban J connectivity index is 2.64. The molecule has 0 bridgehead atoms. The summed E-state index contributed by atoms with van der Waals surface area (Å²) in [5.41, 5.74) is 0.133. The number of rotatable bonds is 3. The summed E-state index contributed by atoms with van der Waals surface area (Å²) >= 11 is 0. The van der Waals surface area contributed by atoms with Gasteiger partial charge in [0.25, 0.3) is 0 Å². The van der Waals surface area contributed by atoms with Crippen LogP contribution in [0.4, 0.5) is 0 Å². The molecule has 0 spiro atoms. The third-order valence-electron chi connectivity index (χ3n) is 2.15. The summed E-state index contributed by atoms with van der Waals surface area (Å²) in [6.07, 6.45) is 7.40. The fourth-order valence-electron chi connectivity index (χ4n) is 1.17. The Hall–Kier alpha value is -0.790. The first kappa shape index (κ1) is 10.3. The number of hydrogen-bond donors (Lipinski definition) is 0. The van der Waals surface area contributed by atoms with E-state index in [0.29, 0.717) is 0 Å². The molecular weight excluding hydrogens is 162 g/mol. The van der Waals surface area contributed by atoms with Gasteiger partial charge in [-0.15, -0.1) is 0 Å². The van der Waals surface area contributed by atoms with E-state index < -0.39 is 0 Å². The molecule has 0 saturated carbocycles. The van der Waals surface area contributed by atoms with Crippen LogP contribution in [0.2, 0.25) is 0 Å². The Morgan fingerprint density at radius 2 is 2.08 bits per heavy atom. The van der Waals surface area contributed by atoms with Crippen molar-refractivity contribution in [2.45, 2.75) is 52.5 Å². The van der Waals surface area contributed by atoms with Gasteiger partial charge in [0.1, 0.15) is 0 Å². The summed E-state index contributed by atoms with van der Waals surface area (Å²) in [4.78, 5) is 0. The zero-order valence-corrected chi connectivity index (χ0v) is 9.13. The van der Waals surface area contributed by atoms with Crippen molar-refractivity contribution in [3.63, 3.8) is 0 Å². The molecule has 0 N–H and O–H groups in total. The standard InChI is InChI=1S/C11H20NO/c1-5-6-7-10-8-12(9-13-10)11(2,3)4/h8-9H,5-7H2,1-4H3/q+1. The van der Waals surface area contributed by atoms with Gasteiger partial charge in [-0.3, -0.25) is 0 Å². The lowest BCUT2D eigenvalue weighted by molar-refractivity contribution is -0.756. The van der Waals surface area contributed by atoms with E-state index in [0.717, 1.165) is 12.2 Å². The summed E-state index contributed by atoms with van der Waals surface area (Å²) in [5, 5.41) is 0. The number of oxazole rings is 1. The van der Waals surface area contributed by atoms with Crippen molar-refractivity contribution in [3.05, 3.63) is 18.4 Å². The van der Waals surface area contributed by atoms with E-state index in [1.54, 1.807) is 0 Å². The molecule has 1 heterocycles. The van der Waals surface area contributed by atoms with Gasteiger partial charge in [0.05, 0.1) is 0 Å². The molecule has 0 fully saturated rings. The van der Waals surface area contributed by atoms with Crippen molar-refractivity contribution in [1.29, 1.82) is 0 Å². The molecule has 2 heteroatoms. The van der Waals surface area contributed by atoms with Crippen molar-refractivity contribution in [2.75, 3.05) is 0 Å². The van der Waals surface area contributed by atoms with Crippen molar-refractivity contribution < 1.29 is 8.98 Å². The minimum atomic E-state index is 0.133. The highest BCUT2D eigenvalue weighted by Crippen LogP contribution is 2.07. The fourth-order valence-corrected chi connectivity index (χ4v) is 1.17. The van der Waals surface area contributed by atoms with E-state index in [-0.39, 0.29) is 5.54 Å². The van der Waals surface area contributed by atoms with Crippen molar-refractivity contribution in [2.24, 2.45) is 0 Å². The number of nitrogens with zero attached hydrogens (tertiary/aromatic N) is 1. The van der Waals surface area contributed by atoms with Gasteiger partial charge in [-0.2, -0.15) is 4.57 Å². The highest BCUT2D eigenvalue weighted by atomic mass is 16.3. The number of aromatic nitrogens is 1. The molecule has 0 atom stereocenters. The lowest BCUT2D eigenvalue weighted by Gasteiger charge is -2.07. The van der Waals surface area contributed by atoms with E-state index in [2.05, 4.69) is 38.5 Å². The van der Waals surface area contributed by atoms with E-state index in [9.17, 15) is 0 Å². The maximum absolute atomic E-state index is 5.46. The maximum atomic E-state index is 5.46. The van der Waals surface area contributed by atoms with E-state index in [1.165, 1.54) is 12.8 Å². The molecule has 13 heavy (non-hydrogen) atoms. The molecule has 74 valence electrons. The zero-order chi connectivity index (χ0) is 9.90. The topological polar surface area (TPSA) is 17.0 Å². The molecule has 1 rings (SSSR count). The molecule has 0 unspecified atom stereocenters. The molecule has 0 aliphatic heterocycles. The molecule has 1 aromatic rings. The molecule has 0 amide bonds. The molecule has 0 radical (unpaired) electrons. The van der Waals surface area contributed by atoms with Crippen LogP contribution in [0.5, 0.6) is 0 Å². The van der Waals surface area contributed by atoms with E-state index >= 15 is 0 Å². The zero-order valence-electron chi connectivity index (χ0n) is 9.13. The Morgan fingerprint density at radius 3 is 2.54 bits per heavy atom. The quantitative estimate of drug-likeness (QED) is 0.657. The maximum Gasteiger partial charge on any atom is 0.335 e. The number of hydrogen-bond acceptors (Lipinski definition) is 1. The highest BCUT2D eigenvalue weighted by molar-refractivity contribution is 4.84. The Labute approximate surface area is 80.6 Å². The first-order valence-electron chi connectivity index (χ1n) is 5.03. The largest absolute Gasteiger partial charge is 0.409 e. The molecule has 0 aromatic carbocycles. The summed E-state index contributed by atoms with van der Waals surface area (Å²) in [5.74, 6) is 1.09. The normalized spacial score (nSPS) is 12.0. The van der Waals surface area contributed by atoms with Crippen molar-refractivity contribution in [3.8, 4) is 0 Å². The van der Waals surface area contributed by atoms with Crippen LogP contribution in [-0.4, -0.2) is 0 Å². The molecule has 0 aliphatic rings. The predicted molar refractivity (Wildman–Crippen MR) is 52.5 cm³/mol. The van der Waals surface area contributed by atoms with Gasteiger partial charge < -0.3 is 4.42 Å². The van der Waals surface area contributed by atoms with Gasteiger partial charge in [0.2, 0.25) is 6.20 Å². The molecular formula is C11H20NO+. The third kappa shape index (κ3) is 2.87. The van der Waals surface area contributed by atoms with Crippen LogP contribution in [0.25, 0.3) is 0 Å². The predicted octanol–water partition coefficient (Wildman–Crippen LogP) is 2.66. The van der Waals surface area contributed by atoms with Crippen LogP contribution in [0.3, 0.4) is 0 Å². The van der Waals surface area contributed by atoms with Gasteiger partial charge in [0.15, 0.2) is 11.3 Å². The smallest absolute Gasteiger partial charge is 0.335 e. The lowest BCUT2D eigenvalue weighted by Crippen LogP contribution is -2.48. The summed E-state index contributed by atoms with van der Waals surface area (Å²) in [7, 11) is 0. The van der Waals surface area contributed by atoms with E-state index in [1.807, 2.05) is 6.39 Å². The minimum Gasteiger partial charge on any atom is -0.409 e. The minimum absolute atomic E-state index is 0.133. The molecule has 0 aliphatic carbocycles. The number of unbranched alkanes of at least 4 members (excludes halogenated alkanes) is 1. The fraction of sp³-hybridized carbons (Fsp3) is 0.727. The monoisotopic (exact) mass is 182 g/mol. The second-order valence-corrected chi connectivity index (χ2v) is 4.50. The van der Waals surface area contributed by atoms with E-state index in [4.69, 9.17) is 4.42 Å². The Bertz CT molecular complexity index is 257. The van der Waals surface area contributed by atoms with Gasteiger partial charge in [-0.05, 0) is 6.42 Å². The van der Waals surface area contributed by atoms with Gasteiger partial charge in [-0.1, -0.05) is 13.3 Å². The van der Waals surface area contributed by atoms with Crippen LogP contribution in [0.1, 0.15) is 46.3 Å². The van der Waals surface area contributed by atoms with Gasteiger partial charge >= 0.3 is 6.39 Å². The molecule has 1 aromatic heterocycles. The lowest BCUT2D eigenvalue weighted by atomic mass is 10.1. The Morgan fingerprint density at radius 1 is 1.38 bits per heavy atom. The van der Waals surface area contributed by atoms with Crippen LogP contribution < -0.4 is 4.57 Å². The summed E-state index contributed by atoms with van der Waals surface area (Å²) in [6, 6.07) is 0. The van der Waals surface area contributed by atoms with Gasteiger partial charge in [-0.25, -0.2) is 0 Å². The van der Waals surface area contributed by atoms with Crippen LogP contribution in [0, 0.1) is 0 Å². The molecule has 0 saturated heterocycles. The van der Waals surface area contributed by atoms with Crippen LogP contribution >= 0.6 is 0 Å². The summed E-state index contributed by atoms with van der Waals surface area (Å²) < 4.78 is 7.58. The average Bonchev–Trinajstić information content (AvgIpc) is 2.47. The first-order valence-corrected chi connectivity index (χ1v) is 5.03. The van der Waals surface area contributed by atoms with Crippen molar-refractivity contribution >= 4 is 0 Å². The van der Waals surface area contributed by atoms with Gasteiger partial charge in [0, 0.05) is 27.2 Å². The second kappa shape index (κ2) is 3.95. The summed E-state index contributed by atoms with van der Waals surface area (Å²) in [6.45, 7) is 8.71.